The number of carbonyl (C=O) groups is 1. The summed E-state index contributed by atoms with van der Waals surface area (Å²) in [5.41, 5.74) is 3.83. The molecule has 1 saturated carbocycles. The molecule has 2 aliphatic heterocycles. The van der Waals surface area contributed by atoms with Crippen molar-refractivity contribution in [1.82, 2.24) is 4.90 Å². The molecule has 1 aliphatic carbocycles. The van der Waals surface area contributed by atoms with E-state index in [1.54, 1.807) is 12.1 Å². The molecule has 5 atom stereocenters. The zero-order chi connectivity index (χ0) is 30.8. The topological polar surface area (TPSA) is 48.0 Å². The van der Waals surface area contributed by atoms with Crippen LogP contribution >= 0.6 is 15.9 Å². The number of benzene rings is 4. The third-order valence-electron chi connectivity index (χ3n) is 9.43. The van der Waals surface area contributed by atoms with Gasteiger partial charge >= 0.3 is 0 Å². The van der Waals surface area contributed by atoms with E-state index in [2.05, 4.69) is 39.0 Å². The van der Waals surface area contributed by atoms with Gasteiger partial charge in [0.2, 0.25) is 5.91 Å². The number of ether oxygens (including phenoxy) is 3. The number of β-lactam (4-membered cyclic amide) rings is 1. The van der Waals surface area contributed by atoms with E-state index in [1.807, 2.05) is 60.7 Å². The maximum absolute atomic E-state index is 14.3. The normalized spacial score (nSPS) is 25.5. The Balaban J connectivity index is 1.25. The quantitative estimate of drug-likeness (QED) is 0.176. The predicted octanol–water partition coefficient (Wildman–Crippen LogP) is 9.24. The maximum Gasteiger partial charge on any atom is 0.231 e. The summed E-state index contributed by atoms with van der Waals surface area (Å²) in [6.07, 6.45) is 4.52. The molecule has 3 aliphatic rings. The second-order valence-corrected chi connectivity index (χ2v) is 13.2. The number of likely N-dealkylation sites (tertiary alicyclic amines) is 1. The SMILES string of the molecule is O=C1[C@H]([C@H]2C[C@@H](c3ccc(F)cc3)OC(c3ccccc3)O2)[C@@H](c2ccc(Br)cc2OCc2ccccc2)N1C1CCCCC1. The molecule has 7 rings (SSSR count). The first-order valence-electron chi connectivity index (χ1n) is 15.9. The minimum absolute atomic E-state index is 0.125. The van der Waals surface area contributed by atoms with Crippen molar-refractivity contribution in [3.05, 3.63) is 136 Å². The summed E-state index contributed by atoms with van der Waals surface area (Å²) in [4.78, 5) is 16.5. The van der Waals surface area contributed by atoms with Gasteiger partial charge in [-0.05, 0) is 48.2 Å². The van der Waals surface area contributed by atoms with Crippen molar-refractivity contribution in [2.45, 2.75) is 75.7 Å². The second-order valence-electron chi connectivity index (χ2n) is 12.3. The van der Waals surface area contributed by atoms with Gasteiger partial charge in [0.25, 0.3) is 0 Å². The minimum Gasteiger partial charge on any atom is -0.489 e. The molecule has 5 nitrogen and oxygen atoms in total. The Kier molecular flexibility index (Phi) is 9.01. The van der Waals surface area contributed by atoms with Crippen molar-refractivity contribution in [2.24, 2.45) is 5.92 Å². The van der Waals surface area contributed by atoms with Gasteiger partial charge in [-0.25, -0.2) is 4.39 Å². The average molecular weight is 671 g/mol. The largest absolute Gasteiger partial charge is 0.489 e. The standard InChI is InChI=1S/C38H37BrFNO4/c39-28-18-21-31(33(22-28)43-24-25-10-4-1-5-11-25)36-35(37(42)41(36)30-14-8-3-9-15-30)34-23-32(26-16-19-29(40)20-17-26)44-38(45-34)27-12-6-2-7-13-27/h1-2,4-7,10-13,16-22,30,32,34-36,38H,3,8-9,14-15,23-24H2/t32-,34+,35+,36+,38?/m0/s1. The highest BCUT2D eigenvalue weighted by Gasteiger charge is 2.57. The van der Waals surface area contributed by atoms with Crippen molar-refractivity contribution in [3.63, 3.8) is 0 Å². The highest BCUT2D eigenvalue weighted by molar-refractivity contribution is 9.10. The predicted molar refractivity (Wildman–Crippen MR) is 174 cm³/mol. The number of hydrogen-bond acceptors (Lipinski definition) is 4. The van der Waals surface area contributed by atoms with Crippen molar-refractivity contribution >= 4 is 21.8 Å². The molecule has 4 aromatic rings. The lowest BCUT2D eigenvalue weighted by Crippen LogP contribution is -2.63. The molecule has 0 bridgehead atoms. The van der Waals surface area contributed by atoms with Crippen LogP contribution in [0, 0.1) is 11.7 Å². The van der Waals surface area contributed by atoms with Crippen LogP contribution in [0.25, 0.3) is 0 Å². The van der Waals surface area contributed by atoms with Gasteiger partial charge in [-0.3, -0.25) is 4.79 Å². The van der Waals surface area contributed by atoms with Crippen molar-refractivity contribution in [2.75, 3.05) is 0 Å². The lowest BCUT2D eigenvalue weighted by atomic mass is 9.73. The smallest absolute Gasteiger partial charge is 0.231 e. The van der Waals surface area contributed by atoms with Gasteiger partial charge in [-0.2, -0.15) is 0 Å². The molecule has 2 heterocycles. The number of rotatable bonds is 8. The molecular formula is C38H37BrFNO4. The first-order valence-corrected chi connectivity index (χ1v) is 16.7. The Hall–Kier alpha value is -3.52. The number of amides is 1. The van der Waals surface area contributed by atoms with E-state index in [-0.39, 0.29) is 29.9 Å². The fourth-order valence-electron chi connectivity index (χ4n) is 7.17. The fourth-order valence-corrected chi connectivity index (χ4v) is 7.51. The molecule has 0 spiro atoms. The summed E-state index contributed by atoms with van der Waals surface area (Å²) < 4.78 is 34.5. The van der Waals surface area contributed by atoms with Gasteiger partial charge in [0.05, 0.1) is 24.2 Å². The van der Waals surface area contributed by atoms with Crippen LogP contribution in [0.1, 0.15) is 79.2 Å². The Morgan fingerprint density at radius 2 is 1.53 bits per heavy atom. The number of nitrogens with zero attached hydrogens (tertiary/aromatic N) is 1. The Labute approximate surface area is 272 Å². The van der Waals surface area contributed by atoms with E-state index in [4.69, 9.17) is 14.2 Å². The van der Waals surface area contributed by atoms with Crippen molar-refractivity contribution in [1.29, 1.82) is 0 Å². The van der Waals surface area contributed by atoms with Crippen molar-refractivity contribution in [3.8, 4) is 5.75 Å². The first kappa shape index (κ1) is 30.2. The van der Waals surface area contributed by atoms with E-state index in [9.17, 15) is 9.18 Å². The van der Waals surface area contributed by atoms with E-state index in [0.717, 1.165) is 58.2 Å². The van der Waals surface area contributed by atoms with Crippen LogP contribution in [0.5, 0.6) is 5.75 Å². The first-order chi connectivity index (χ1) is 22.0. The number of carbonyl (C=O) groups excluding carboxylic acids is 1. The third-order valence-corrected chi connectivity index (χ3v) is 9.92. The molecule has 1 unspecified atom stereocenters. The van der Waals surface area contributed by atoms with Gasteiger partial charge in [0.1, 0.15) is 18.2 Å². The zero-order valence-electron chi connectivity index (χ0n) is 25.1. The molecule has 0 aromatic heterocycles. The second kappa shape index (κ2) is 13.5. The molecule has 7 heteroatoms. The van der Waals surface area contributed by atoms with Gasteiger partial charge in [-0.15, -0.1) is 0 Å². The molecule has 45 heavy (non-hydrogen) atoms. The molecule has 1 amide bonds. The highest BCUT2D eigenvalue weighted by atomic mass is 79.9. The maximum atomic E-state index is 14.3. The van der Waals surface area contributed by atoms with E-state index >= 15 is 0 Å². The molecule has 0 radical (unpaired) electrons. The third kappa shape index (κ3) is 6.44. The average Bonchev–Trinajstić information content (AvgIpc) is 3.08. The molecule has 3 fully saturated rings. The summed E-state index contributed by atoms with van der Waals surface area (Å²) in [6.45, 7) is 0.426. The van der Waals surface area contributed by atoms with Crippen LogP contribution in [0.15, 0.2) is 108 Å². The number of hydrogen-bond donors (Lipinski definition) is 0. The lowest BCUT2D eigenvalue weighted by molar-refractivity contribution is -0.272. The summed E-state index contributed by atoms with van der Waals surface area (Å²) in [7, 11) is 0. The monoisotopic (exact) mass is 669 g/mol. The fraction of sp³-hybridized carbons (Fsp3) is 0.342. The Morgan fingerprint density at radius 3 is 2.27 bits per heavy atom. The number of halogens is 2. The van der Waals surface area contributed by atoms with Crippen LogP contribution in [0.3, 0.4) is 0 Å². The molecule has 0 N–H and O–H groups in total. The van der Waals surface area contributed by atoms with Crippen LogP contribution in [-0.2, 0) is 20.9 Å². The summed E-state index contributed by atoms with van der Waals surface area (Å²) >= 11 is 3.65. The molecular weight excluding hydrogens is 633 g/mol. The molecule has 232 valence electrons. The van der Waals surface area contributed by atoms with Gasteiger partial charge in [-0.1, -0.05) is 114 Å². The van der Waals surface area contributed by atoms with Crippen LogP contribution in [0.2, 0.25) is 0 Å². The summed E-state index contributed by atoms with van der Waals surface area (Å²) in [5, 5.41) is 0. The molecule has 4 aromatic carbocycles. The summed E-state index contributed by atoms with van der Waals surface area (Å²) in [6, 6.07) is 32.5. The van der Waals surface area contributed by atoms with Gasteiger partial charge in [0, 0.05) is 28.1 Å². The Bertz CT molecular complexity index is 1600. The lowest BCUT2D eigenvalue weighted by Gasteiger charge is -2.55. The van der Waals surface area contributed by atoms with E-state index in [0.29, 0.717) is 13.0 Å². The highest BCUT2D eigenvalue weighted by Crippen LogP contribution is 2.53. The van der Waals surface area contributed by atoms with E-state index in [1.165, 1.54) is 18.6 Å². The zero-order valence-corrected chi connectivity index (χ0v) is 26.7. The van der Waals surface area contributed by atoms with Gasteiger partial charge < -0.3 is 19.1 Å². The Morgan fingerprint density at radius 1 is 0.822 bits per heavy atom. The van der Waals surface area contributed by atoms with Gasteiger partial charge in [0.15, 0.2) is 6.29 Å². The summed E-state index contributed by atoms with van der Waals surface area (Å²) in [5.74, 6) is 0.182. The van der Waals surface area contributed by atoms with Crippen LogP contribution < -0.4 is 4.74 Å². The van der Waals surface area contributed by atoms with Crippen LogP contribution in [0.4, 0.5) is 4.39 Å². The van der Waals surface area contributed by atoms with Crippen molar-refractivity contribution < 1.29 is 23.4 Å². The van der Waals surface area contributed by atoms with E-state index < -0.39 is 18.3 Å². The van der Waals surface area contributed by atoms with Crippen LogP contribution in [-0.4, -0.2) is 23.0 Å². The minimum atomic E-state index is -0.657. The molecule has 2 saturated heterocycles.